The van der Waals surface area contributed by atoms with E-state index in [4.69, 9.17) is 32.7 Å². The summed E-state index contributed by atoms with van der Waals surface area (Å²) < 4.78 is 10.4. The Balaban J connectivity index is 2.06. The highest BCUT2D eigenvalue weighted by Crippen LogP contribution is 2.29. The highest BCUT2D eigenvalue weighted by molar-refractivity contribution is 6.34. The predicted octanol–water partition coefficient (Wildman–Crippen LogP) is 3.93. The number of benzene rings is 2. The maximum Gasteiger partial charge on any atom is 0.271 e. The van der Waals surface area contributed by atoms with Gasteiger partial charge < -0.3 is 14.8 Å². The van der Waals surface area contributed by atoms with Gasteiger partial charge in [-0.1, -0.05) is 23.2 Å². The van der Waals surface area contributed by atoms with Crippen molar-refractivity contribution in [3.05, 3.63) is 56.6 Å². The van der Waals surface area contributed by atoms with Crippen LogP contribution in [0.15, 0.2) is 36.4 Å². The van der Waals surface area contributed by atoms with E-state index in [1.165, 1.54) is 43.5 Å². The number of hydrogen-bond donors (Lipinski definition) is 1. The van der Waals surface area contributed by atoms with Crippen LogP contribution in [0.25, 0.3) is 0 Å². The molecular weight excluding hydrogens is 359 g/mol. The number of hydrogen-bond acceptors (Lipinski definition) is 5. The standard InChI is InChI=1S/C15H12Cl2N2O5/c1-23-14-3-2-11(19(21)22)7-13(14)18-15(20)8-24-12-5-9(16)4-10(17)6-12/h2-7H,8H2,1H3,(H,18,20). The minimum atomic E-state index is -0.570. The molecule has 2 aromatic carbocycles. The van der Waals surface area contributed by atoms with E-state index in [0.29, 0.717) is 21.5 Å². The minimum Gasteiger partial charge on any atom is -0.495 e. The number of non-ortho nitro benzene ring substituents is 1. The Hall–Kier alpha value is -2.51. The van der Waals surface area contributed by atoms with Gasteiger partial charge in [-0.25, -0.2) is 0 Å². The number of nitrogens with one attached hydrogen (secondary N) is 1. The molecule has 0 unspecified atom stereocenters. The SMILES string of the molecule is COc1ccc([N+](=O)[O-])cc1NC(=O)COc1cc(Cl)cc(Cl)c1. The van der Waals surface area contributed by atoms with Gasteiger partial charge in [-0.3, -0.25) is 14.9 Å². The lowest BCUT2D eigenvalue weighted by Crippen LogP contribution is -2.20. The minimum absolute atomic E-state index is 0.171. The summed E-state index contributed by atoms with van der Waals surface area (Å²) in [7, 11) is 1.39. The molecular formula is C15H12Cl2N2O5. The maximum absolute atomic E-state index is 12.0. The number of ether oxygens (including phenoxy) is 2. The van der Waals surface area contributed by atoms with E-state index in [-0.39, 0.29) is 18.0 Å². The van der Waals surface area contributed by atoms with E-state index in [0.717, 1.165) is 0 Å². The number of nitrogens with zero attached hydrogens (tertiary/aromatic N) is 1. The van der Waals surface area contributed by atoms with Gasteiger partial charge in [0, 0.05) is 22.2 Å². The van der Waals surface area contributed by atoms with E-state index in [2.05, 4.69) is 5.32 Å². The fraction of sp³-hybridized carbons (Fsp3) is 0.133. The van der Waals surface area contributed by atoms with E-state index in [9.17, 15) is 14.9 Å². The van der Waals surface area contributed by atoms with Gasteiger partial charge in [-0.05, 0) is 24.3 Å². The lowest BCUT2D eigenvalue weighted by molar-refractivity contribution is -0.384. The van der Waals surface area contributed by atoms with Crippen molar-refractivity contribution >= 4 is 40.5 Å². The summed E-state index contributed by atoms with van der Waals surface area (Å²) in [6.45, 7) is -0.331. The molecule has 0 aliphatic carbocycles. The number of nitro groups is 1. The molecule has 0 radical (unpaired) electrons. The second-order valence-corrected chi connectivity index (χ2v) is 5.46. The second kappa shape index (κ2) is 7.85. The Labute approximate surface area is 147 Å². The maximum atomic E-state index is 12.0. The van der Waals surface area contributed by atoms with Gasteiger partial charge in [0.25, 0.3) is 11.6 Å². The number of amides is 1. The fourth-order valence-corrected chi connectivity index (χ4v) is 2.36. The molecule has 2 rings (SSSR count). The van der Waals surface area contributed by atoms with Crippen molar-refractivity contribution in [3.8, 4) is 11.5 Å². The molecule has 1 amide bonds. The van der Waals surface area contributed by atoms with Crippen LogP contribution in [0.4, 0.5) is 11.4 Å². The van der Waals surface area contributed by atoms with Crippen molar-refractivity contribution in [2.45, 2.75) is 0 Å². The lowest BCUT2D eigenvalue weighted by Gasteiger charge is -2.11. The molecule has 0 saturated carbocycles. The molecule has 0 aromatic heterocycles. The molecule has 9 heteroatoms. The first-order chi connectivity index (χ1) is 11.4. The number of methoxy groups -OCH3 is 1. The highest BCUT2D eigenvalue weighted by Gasteiger charge is 2.14. The number of carbonyl (C=O) groups excluding carboxylic acids is 1. The Morgan fingerprint density at radius 1 is 1.21 bits per heavy atom. The summed E-state index contributed by atoms with van der Waals surface area (Å²) in [5, 5.41) is 14.1. The van der Waals surface area contributed by atoms with Crippen LogP contribution >= 0.6 is 23.2 Å². The quantitative estimate of drug-likeness (QED) is 0.614. The first-order valence-corrected chi connectivity index (χ1v) is 7.36. The molecule has 1 N–H and O–H groups in total. The number of carbonyl (C=O) groups is 1. The first-order valence-electron chi connectivity index (χ1n) is 6.60. The predicted molar refractivity (Wildman–Crippen MR) is 90.2 cm³/mol. The molecule has 0 saturated heterocycles. The Kier molecular flexibility index (Phi) is 5.83. The van der Waals surface area contributed by atoms with Crippen LogP contribution in [0.3, 0.4) is 0 Å². The smallest absolute Gasteiger partial charge is 0.271 e. The molecule has 7 nitrogen and oxygen atoms in total. The van der Waals surface area contributed by atoms with Crippen LogP contribution < -0.4 is 14.8 Å². The average Bonchev–Trinajstić information content (AvgIpc) is 2.52. The molecule has 0 aliphatic heterocycles. The van der Waals surface area contributed by atoms with E-state index < -0.39 is 10.8 Å². The molecule has 126 valence electrons. The molecule has 0 fully saturated rings. The van der Waals surface area contributed by atoms with Crippen LogP contribution in [-0.2, 0) is 4.79 Å². The fourth-order valence-electron chi connectivity index (χ4n) is 1.85. The van der Waals surface area contributed by atoms with Crippen molar-refractivity contribution in [3.63, 3.8) is 0 Å². The molecule has 0 atom stereocenters. The largest absolute Gasteiger partial charge is 0.495 e. The molecule has 24 heavy (non-hydrogen) atoms. The zero-order valence-corrected chi connectivity index (χ0v) is 13.9. The Morgan fingerprint density at radius 3 is 2.46 bits per heavy atom. The first kappa shape index (κ1) is 17.8. The summed E-state index contributed by atoms with van der Waals surface area (Å²) in [4.78, 5) is 22.2. The number of anilines is 1. The number of halogens is 2. The summed E-state index contributed by atoms with van der Waals surface area (Å²) in [5.41, 5.74) is -0.00179. The van der Waals surface area contributed by atoms with Crippen molar-refractivity contribution in [2.75, 3.05) is 19.0 Å². The van der Waals surface area contributed by atoms with Gasteiger partial charge in [0.2, 0.25) is 0 Å². The number of nitro benzene ring substituents is 1. The zero-order valence-electron chi connectivity index (χ0n) is 12.4. The molecule has 0 bridgehead atoms. The third-order valence-corrected chi connectivity index (χ3v) is 3.31. The Bertz CT molecular complexity index is 762. The summed E-state index contributed by atoms with van der Waals surface area (Å²) >= 11 is 11.7. The third kappa shape index (κ3) is 4.74. The topological polar surface area (TPSA) is 90.7 Å². The second-order valence-electron chi connectivity index (χ2n) is 4.58. The van der Waals surface area contributed by atoms with Crippen molar-refractivity contribution < 1.29 is 19.2 Å². The van der Waals surface area contributed by atoms with Crippen LogP contribution in [0, 0.1) is 10.1 Å². The van der Waals surface area contributed by atoms with Gasteiger partial charge in [-0.2, -0.15) is 0 Å². The molecule has 2 aromatic rings. The van der Waals surface area contributed by atoms with Gasteiger partial charge >= 0.3 is 0 Å². The summed E-state index contributed by atoms with van der Waals surface area (Å²) in [5.74, 6) is 0.0957. The lowest BCUT2D eigenvalue weighted by atomic mass is 10.2. The molecule has 0 aliphatic rings. The zero-order chi connectivity index (χ0) is 17.7. The Morgan fingerprint density at radius 2 is 1.88 bits per heavy atom. The van der Waals surface area contributed by atoms with E-state index >= 15 is 0 Å². The van der Waals surface area contributed by atoms with Crippen LogP contribution in [0.2, 0.25) is 10.0 Å². The average molecular weight is 371 g/mol. The van der Waals surface area contributed by atoms with Crippen LogP contribution in [0.5, 0.6) is 11.5 Å². The molecule has 0 spiro atoms. The van der Waals surface area contributed by atoms with E-state index in [1.807, 2.05) is 0 Å². The normalized spacial score (nSPS) is 10.1. The summed E-state index contributed by atoms with van der Waals surface area (Å²) in [6.07, 6.45) is 0. The van der Waals surface area contributed by atoms with Crippen LogP contribution in [-0.4, -0.2) is 24.5 Å². The van der Waals surface area contributed by atoms with Gasteiger partial charge in [0.1, 0.15) is 11.5 Å². The van der Waals surface area contributed by atoms with Crippen molar-refractivity contribution in [1.29, 1.82) is 0 Å². The van der Waals surface area contributed by atoms with Crippen molar-refractivity contribution in [2.24, 2.45) is 0 Å². The highest BCUT2D eigenvalue weighted by atomic mass is 35.5. The summed E-state index contributed by atoms with van der Waals surface area (Å²) in [6, 6.07) is 8.42. The third-order valence-electron chi connectivity index (χ3n) is 2.87. The van der Waals surface area contributed by atoms with Gasteiger partial charge in [0.15, 0.2) is 6.61 Å². The number of rotatable bonds is 6. The molecule has 0 heterocycles. The van der Waals surface area contributed by atoms with E-state index in [1.54, 1.807) is 0 Å². The van der Waals surface area contributed by atoms with Gasteiger partial charge in [-0.15, -0.1) is 0 Å². The van der Waals surface area contributed by atoms with Crippen LogP contribution in [0.1, 0.15) is 0 Å². The van der Waals surface area contributed by atoms with Crippen molar-refractivity contribution in [1.82, 2.24) is 0 Å². The van der Waals surface area contributed by atoms with Gasteiger partial charge in [0.05, 0.1) is 17.7 Å². The monoisotopic (exact) mass is 370 g/mol.